The van der Waals surface area contributed by atoms with Crippen LogP contribution in [0.25, 0.3) is 0 Å². The van der Waals surface area contributed by atoms with Gasteiger partial charge in [0.1, 0.15) is 0 Å². The predicted octanol–water partition coefficient (Wildman–Crippen LogP) is 0.523. The van der Waals surface area contributed by atoms with Crippen LogP contribution in [0.1, 0.15) is 31.8 Å². The number of aromatic carboxylic acids is 2. The molecule has 0 aliphatic carbocycles. The largest absolute Gasteiger partial charge is 0.478 e. The summed E-state index contributed by atoms with van der Waals surface area (Å²) >= 11 is 0. The summed E-state index contributed by atoms with van der Waals surface area (Å²) in [4.78, 5) is 58.1. The Balaban J connectivity index is 3.33. The molecule has 0 spiro atoms. The van der Waals surface area contributed by atoms with E-state index in [-0.39, 0.29) is 35.1 Å². The van der Waals surface area contributed by atoms with Gasteiger partial charge in [0.15, 0.2) is 0 Å². The first-order valence-electron chi connectivity index (χ1n) is 6.51. The van der Waals surface area contributed by atoms with Crippen LogP contribution in [-0.4, -0.2) is 54.0 Å². The van der Waals surface area contributed by atoms with E-state index in [1.54, 1.807) is 0 Å². The summed E-state index contributed by atoms with van der Waals surface area (Å²) in [5.74, 6) is -2.88. The van der Waals surface area contributed by atoms with Crippen LogP contribution in [0.4, 0.5) is 0 Å². The molecule has 1 aromatic rings. The lowest BCUT2D eigenvalue weighted by Gasteiger charge is -2.13. The zero-order valence-electron chi connectivity index (χ0n) is 12.2. The van der Waals surface area contributed by atoms with Crippen LogP contribution in [0.15, 0.2) is 12.1 Å². The van der Waals surface area contributed by atoms with Crippen LogP contribution in [0.5, 0.6) is 0 Å². The quantitative estimate of drug-likeness (QED) is 0.346. The standard InChI is InChI=1S/C12H16O10P2/c13-11(14)9-6-8(2-4-24(20,21)22)10(12(15)16)5-7(9)1-3-23(17,18)19/h5-6H,1-4H2,(H,13,14)(H,15,16)(H2,17,18,19)(H2,20,21,22). The molecule has 6 N–H and O–H groups in total. The molecule has 10 nitrogen and oxygen atoms in total. The minimum atomic E-state index is -4.41. The highest BCUT2D eigenvalue weighted by Gasteiger charge is 2.22. The van der Waals surface area contributed by atoms with E-state index < -0.39 is 39.5 Å². The molecule has 0 bridgehead atoms. The highest BCUT2D eigenvalue weighted by atomic mass is 31.2. The van der Waals surface area contributed by atoms with Gasteiger partial charge in [-0.2, -0.15) is 0 Å². The van der Waals surface area contributed by atoms with Gasteiger partial charge in [0.25, 0.3) is 0 Å². The Morgan fingerprint density at radius 1 is 0.750 bits per heavy atom. The van der Waals surface area contributed by atoms with Crippen molar-refractivity contribution in [2.75, 3.05) is 12.3 Å². The van der Waals surface area contributed by atoms with Gasteiger partial charge < -0.3 is 29.8 Å². The first-order chi connectivity index (χ1) is 10.8. The van der Waals surface area contributed by atoms with E-state index in [9.17, 15) is 28.9 Å². The third kappa shape index (κ3) is 6.52. The van der Waals surface area contributed by atoms with Crippen molar-refractivity contribution in [1.29, 1.82) is 0 Å². The van der Waals surface area contributed by atoms with Crippen molar-refractivity contribution in [2.24, 2.45) is 0 Å². The number of carboxylic acid groups (broad SMARTS) is 2. The van der Waals surface area contributed by atoms with Gasteiger partial charge in [-0.15, -0.1) is 0 Å². The smallest absolute Gasteiger partial charge is 0.335 e. The van der Waals surface area contributed by atoms with Gasteiger partial charge in [0, 0.05) is 0 Å². The monoisotopic (exact) mass is 382 g/mol. The second-order valence-electron chi connectivity index (χ2n) is 5.05. The topological polar surface area (TPSA) is 190 Å². The van der Waals surface area contributed by atoms with Crippen molar-refractivity contribution in [2.45, 2.75) is 12.8 Å². The summed E-state index contributed by atoms with van der Waals surface area (Å²) in [6.07, 6.45) is -2.03. The van der Waals surface area contributed by atoms with Crippen molar-refractivity contribution in [3.63, 3.8) is 0 Å². The number of rotatable bonds is 8. The zero-order valence-corrected chi connectivity index (χ0v) is 14.0. The number of benzene rings is 1. The molecule has 12 heteroatoms. The van der Waals surface area contributed by atoms with Gasteiger partial charge in [0.2, 0.25) is 0 Å². The fourth-order valence-electron chi connectivity index (χ4n) is 2.03. The molecule has 1 aromatic carbocycles. The normalized spacial score (nSPS) is 12.2. The van der Waals surface area contributed by atoms with Crippen LogP contribution in [0.3, 0.4) is 0 Å². The number of carboxylic acids is 2. The Labute approximate surface area is 136 Å². The predicted molar refractivity (Wildman–Crippen MR) is 81.6 cm³/mol. The van der Waals surface area contributed by atoms with Crippen LogP contribution in [0.2, 0.25) is 0 Å². The molecule has 0 saturated carbocycles. The molecule has 0 saturated heterocycles. The van der Waals surface area contributed by atoms with Gasteiger partial charge in [0.05, 0.1) is 23.5 Å². The zero-order chi connectivity index (χ0) is 18.7. The molecule has 0 radical (unpaired) electrons. The van der Waals surface area contributed by atoms with E-state index >= 15 is 0 Å². The van der Waals surface area contributed by atoms with Crippen molar-refractivity contribution in [3.8, 4) is 0 Å². The third-order valence-electron chi connectivity index (χ3n) is 3.13. The van der Waals surface area contributed by atoms with Gasteiger partial charge >= 0.3 is 27.1 Å². The number of hydrogen-bond donors (Lipinski definition) is 6. The molecule has 0 unspecified atom stereocenters. The molecule has 134 valence electrons. The molecule has 0 aromatic heterocycles. The van der Waals surface area contributed by atoms with E-state index in [1.807, 2.05) is 0 Å². The Morgan fingerprint density at radius 3 is 1.25 bits per heavy atom. The Bertz CT molecular complexity index is 681. The molecule has 0 fully saturated rings. The molecular weight excluding hydrogens is 366 g/mol. The van der Waals surface area contributed by atoms with E-state index in [0.717, 1.165) is 12.1 Å². The second kappa shape index (κ2) is 7.57. The molecule has 0 heterocycles. The van der Waals surface area contributed by atoms with Crippen LogP contribution in [0, 0.1) is 0 Å². The fraction of sp³-hybridized carbons (Fsp3) is 0.333. The first-order valence-corrected chi connectivity index (χ1v) is 10.1. The SMILES string of the molecule is O=C(O)c1cc(CCP(=O)(O)O)c(C(=O)O)cc1CCP(=O)(O)O. The fourth-order valence-corrected chi connectivity index (χ4v) is 3.10. The van der Waals surface area contributed by atoms with Gasteiger partial charge in [-0.3, -0.25) is 9.13 Å². The molecule has 0 atom stereocenters. The van der Waals surface area contributed by atoms with Crippen molar-refractivity contribution < 1.29 is 48.5 Å². The van der Waals surface area contributed by atoms with Crippen LogP contribution in [-0.2, 0) is 22.0 Å². The highest BCUT2D eigenvalue weighted by Crippen LogP contribution is 2.37. The Kier molecular flexibility index (Phi) is 6.46. The van der Waals surface area contributed by atoms with Crippen LogP contribution >= 0.6 is 15.2 Å². The van der Waals surface area contributed by atoms with Crippen molar-refractivity contribution in [1.82, 2.24) is 0 Å². The minimum absolute atomic E-state index is 0.0804. The van der Waals surface area contributed by atoms with Crippen LogP contribution < -0.4 is 0 Å². The maximum atomic E-state index is 11.3. The maximum absolute atomic E-state index is 11.3. The minimum Gasteiger partial charge on any atom is -0.478 e. The summed E-state index contributed by atoms with van der Waals surface area (Å²) in [5.41, 5.74) is -0.894. The summed E-state index contributed by atoms with van der Waals surface area (Å²) in [6, 6.07) is 1.94. The first kappa shape index (κ1) is 20.5. The lowest BCUT2D eigenvalue weighted by molar-refractivity contribution is 0.0679. The van der Waals surface area contributed by atoms with Gasteiger partial charge in [-0.25, -0.2) is 9.59 Å². The summed E-state index contributed by atoms with van der Waals surface area (Å²) < 4.78 is 21.9. The lowest BCUT2D eigenvalue weighted by atomic mass is 9.95. The van der Waals surface area contributed by atoms with Gasteiger partial charge in [-0.1, -0.05) is 0 Å². The third-order valence-corrected chi connectivity index (χ3v) is 4.75. The second-order valence-corrected chi connectivity index (χ2v) is 8.61. The molecule has 0 aliphatic heterocycles. The molecule has 0 aliphatic rings. The van der Waals surface area contributed by atoms with E-state index in [2.05, 4.69) is 0 Å². The van der Waals surface area contributed by atoms with Gasteiger partial charge in [-0.05, 0) is 36.1 Å². The Morgan fingerprint density at radius 2 is 1.04 bits per heavy atom. The molecule has 1 rings (SSSR count). The summed E-state index contributed by atoms with van der Waals surface area (Å²) in [6.45, 7) is 0. The van der Waals surface area contributed by atoms with E-state index in [1.165, 1.54) is 0 Å². The van der Waals surface area contributed by atoms with E-state index in [4.69, 9.17) is 19.6 Å². The average molecular weight is 382 g/mol. The Hall–Kier alpha value is -1.54. The summed E-state index contributed by atoms with van der Waals surface area (Å²) in [7, 11) is -8.82. The number of hydrogen-bond acceptors (Lipinski definition) is 4. The number of aryl methyl sites for hydroxylation is 2. The molecule has 24 heavy (non-hydrogen) atoms. The summed E-state index contributed by atoms with van der Waals surface area (Å²) in [5, 5.41) is 18.4. The number of carbonyl (C=O) groups is 2. The average Bonchev–Trinajstić information content (AvgIpc) is 2.40. The van der Waals surface area contributed by atoms with E-state index in [0.29, 0.717) is 0 Å². The van der Waals surface area contributed by atoms with Crippen molar-refractivity contribution in [3.05, 3.63) is 34.4 Å². The molecule has 0 amide bonds. The lowest BCUT2D eigenvalue weighted by Crippen LogP contribution is -2.12. The maximum Gasteiger partial charge on any atom is 0.335 e. The van der Waals surface area contributed by atoms with Crippen molar-refractivity contribution >= 4 is 27.1 Å². The highest BCUT2D eigenvalue weighted by molar-refractivity contribution is 7.52. The molecular formula is C12H16O10P2.